The molecule has 1 aromatic rings. The molecule has 0 saturated heterocycles. The van der Waals surface area contributed by atoms with Crippen molar-refractivity contribution in [3.63, 3.8) is 0 Å². The minimum Gasteiger partial charge on any atom is -0.393 e. The topological polar surface area (TPSA) is 90.2 Å². The second kappa shape index (κ2) is 6.66. The average molecular weight is 282 g/mol. The van der Waals surface area contributed by atoms with Crippen LogP contribution in [0.5, 0.6) is 0 Å². The highest BCUT2D eigenvalue weighted by Gasteiger charge is 2.16. The van der Waals surface area contributed by atoms with Crippen LogP contribution in [0.15, 0.2) is 23.1 Å². The van der Waals surface area contributed by atoms with Crippen molar-refractivity contribution < 1.29 is 13.5 Å². The normalized spacial score (nSPS) is 12.9. The van der Waals surface area contributed by atoms with Crippen molar-refractivity contribution in [2.75, 3.05) is 6.54 Å². The Balaban J connectivity index is 2.81. The minimum absolute atomic E-state index is 0.164. The van der Waals surface area contributed by atoms with Crippen LogP contribution in [0.1, 0.15) is 30.9 Å². The summed E-state index contributed by atoms with van der Waals surface area (Å²) >= 11 is 0. The van der Waals surface area contributed by atoms with E-state index in [4.69, 9.17) is 5.26 Å². The first-order valence-electron chi connectivity index (χ1n) is 6.09. The molecule has 0 bridgehead atoms. The van der Waals surface area contributed by atoms with Crippen molar-refractivity contribution in [3.8, 4) is 6.07 Å². The lowest BCUT2D eigenvalue weighted by molar-refractivity contribution is 0.162. The van der Waals surface area contributed by atoms with Crippen molar-refractivity contribution in [2.45, 2.75) is 37.7 Å². The number of aryl methyl sites for hydroxylation is 1. The summed E-state index contributed by atoms with van der Waals surface area (Å²) < 4.78 is 26.5. The number of aliphatic hydroxyl groups is 1. The van der Waals surface area contributed by atoms with Gasteiger partial charge >= 0.3 is 0 Å². The Morgan fingerprint density at radius 3 is 2.68 bits per heavy atom. The summed E-state index contributed by atoms with van der Waals surface area (Å²) in [6.07, 6.45) is 0.479. The number of nitriles is 1. The van der Waals surface area contributed by atoms with E-state index in [0.29, 0.717) is 24.0 Å². The molecular weight excluding hydrogens is 264 g/mol. The van der Waals surface area contributed by atoms with E-state index < -0.39 is 16.1 Å². The Morgan fingerprint density at radius 1 is 1.47 bits per heavy atom. The predicted molar refractivity (Wildman–Crippen MR) is 72.0 cm³/mol. The van der Waals surface area contributed by atoms with Crippen molar-refractivity contribution >= 4 is 10.0 Å². The molecule has 1 atom stereocenters. The van der Waals surface area contributed by atoms with Gasteiger partial charge in [0.15, 0.2) is 0 Å². The summed E-state index contributed by atoms with van der Waals surface area (Å²) in [6.45, 7) is 3.68. The molecular formula is C13H18N2O3S. The lowest BCUT2D eigenvalue weighted by Crippen LogP contribution is -2.27. The van der Waals surface area contributed by atoms with E-state index in [0.717, 1.165) is 0 Å². The van der Waals surface area contributed by atoms with Gasteiger partial charge in [-0.3, -0.25) is 0 Å². The summed E-state index contributed by atoms with van der Waals surface area (Å²) in [6, 6.07) is 6.40. The molecule has 104 valence electrons. The Bertz CT molecular complexity index is 576. The van der Waals surface area contributed by atoms with Crippen molar-refractivity contribution in [1.82, 2.24) is 4.72 Å². The third-order valence-electron chi connectivity index (χ3n) is 2.83. The molecule has 1 rings (SSSR count). The molecule has 19 heavy (non-hydrogen) atoms. The fraction of sp³-hybridized carbons (Fsp3) is 0.462. The number of aliphatic hydroxyl groups excluding tert-OH is 1. The quantitative estimate of drug-likeness (QED) is 0.823. The molecule has 0 radical (unpaired) electrons. The Hall–Kier alpha value is -1.42. The minimum atomic E-state index is -3.59. The van der Waals surface area contributed by atoms with Crippen LogP contribution >= 0.6 is 0 Å². The number of nitrogens with one attached hydrogen (secondary N) is 1. The molecule has 0 fully saturated rings. The third kappa shape index (κ3) is 4.31. The Labute approximate surface area is 113 Å². The van der Waals surface area contributed by atoms with Crippen LogP contribution in [-0.4, -0.2) is 26.2 Å². The van der Waals surface area contributed by atoms with Crippen LogP contribution in [0.4, 0.5) is 0 Å². The first kappa shape index (κ1) is 15.6. The van der Waals surface area contributed by atoms with E-state index in [-0.39, 0.29) is 11.4 Å². The van der Waals surface area contributed by atoms with Gasteiger partial charge < -0.3 is 5.11 Å². The molecule has 5 nitrogen and oxygen atoms in total. The number of rotatable bonds is 6. The maximum absolute atomic E-state index is 12.0. The van der Waals surface area contributed by atoms with Crippen LogP contribution in [0, 0.1) is 18.3 Å². The van der Waals surface area contributed by atoms with Gasteiger partial charge in [-0.15, -0.1) is 0 Å². The molecule has 0 aromatic heterocycles. The zero-order valence-corrected chi connectivity index (χ0v) is 11.9. The van der Waals surface area contributed by atoms with E-state index in [2.05, 4.69) is 4.72 Å². The van der Waals surface area contributed by atoms with E-state index >= 15 is 0 Å². The molecule has 0 saturated carbocycles. The summed E-state index contributed by atoms with van der Waals surface area (Å²) in [5.41, 5.74) is 0.959. The Morgan fingerprint density at radius 2 is 2.16 bits per heavy atom. The van der Waals surface area contributed by atoms with Crippen molar-refractivity contribution in [2.24, 2.45) is 0 Å². The van der Waals surface area contributed by atoms with Gasteiger partial charge in [-0.2, -0.15) is 5.26 Å². The predicted octanol–water partition coefficient (Wildman–Crippen LogP) is 1.31. The number of hydrogen-bond acceptors (Lipinski definition) is 4. The molecule has 0 aliphatic rings. The largest absolute Gasteiger partial charge is 0.393 e. The van der Waals surface area contributed by atoms with Crippen LogP contribution in [0.25, 0.3) is 0 Å². The zero-order valence-electron chi connectivity index (χ0n) is 11.0. The van der Waals surface area contributed by atoms with E-state index in [1.807, 2.05) is 13.0 Å². The second-order valence-corrected chi connectivity index (χ2v) is 6.08. The highest BCUT2D eigenvalue weighted by atomic mass is 32.2. The van der Waals surface area contributed by atoms with Gasteiger partial charge in [-0.25, -0.2) is 13.1 Å². The first-order valence-corrected chi connectivity index (χ1v) is 7.57. The lowest BCUT2D eigenvalue weighted by atomic mass is 10.2. The number of nitrogens with zero attached hydrogens (tertiary/aromatic N) is 1. The van der Waals surface area contributed by atoms with Gasteiger partial charge in [-0.05, 0) is 43.5 Å². The molecule has 0 aliphatic carbocycles. The lowest BCUT2D eigenvalue weighted by Gasteiger charge is -2.11. The molecule has 1 aromatic carbocycles. The second-order valence-electron chi connectivity index (χ2n) is 4.34. The molecule has 1 unspecified atom stereocenters. The van der Waals surface area contributed by atoms with Crippen LogP contribution in [-0.2, 0) is 10.0 Å². The molecule has 0 aliphatic heterocycles. The van der Waals surface area contributed by atoms with Crippen LogP contribution in [0.2, 0.25) is 0 Å². The van der Waals surface area contributed by atoms with Gasteiger partial charge in [0.1, 0.15) is 0 Å². The molecule has 0 spiro atoms. The Kier molecular flexibility index (Phi) is 5.48. The van der Waals surface area contributed by atoms with Gasteiger partial charge in [0, 0.05) is 6.54 Å². The summed E-state index contributed by atoms with van der Waals surface area (Å²) in [5, 5.41) is 18.1. The first-order chi connectivity index (χ1) is 8.90. The summed E-state index contributed by atoms with van der Waals surface area (Å²) in [4.78, 5) is 0.164. The highest BCUT2D eigenvalue weighted by Crippen LogP contribution is 2.16. The molecule has 0 heterocycles. The summed E-state index contributed by atoms with van der Waals surface area (Å²) in [5.74, 6) is 0. The monoisotopic (exact) mass is 282 g/mol. The number of benzene rings is 1. The van der Waals surface area contributed by atoms with Gasteiger partial charge in [0.2, 0.25) is 10.0 Å². The zero-order chi connectivity index (χ0) is 14.5. The van der Waals surface area contributed by atoms with Crippen molar-refractivity contribution in [3.05, 3.63) is 29.3 Å². The highest BCUT2D eigenvalue weighted by molar-refractivity contribution is 7.89. The molecule has 6 heteroatoms. The van der Waals surface area contributed by atoms with Crippen molar-refractivity contribution in [1.29, 1.82) is 5.26 Å². The van der Waals surface area contributed by atoms with Gasteiger partial charge in [0.25, 0.3) is 0 Å². The number of hydrogen-bond donors (Lipinski definition) is 2. The van der Waals surface area contributed by atoms with Gasteiger partial charge in [-0.1, -0.05) is 6.92 Å². The van der Waals surface area contributed by atoms with E-state index in [9.17, 15) is 13.5 Å². The van der Waals surface area contributed by atoms with E-state index in [1.165, 1.54) is 18.2 Å². The SMILES string of the molecule is CCC(O)CCNS(=O)(=O)c1ccc(C#N)cc1C. The fourth-order valence-corrected chi connectivity index (χ4v) is 2.93. The smallest absolute Gasteiger partial charge is 0.240 e. The average Bonchev–Trinajstić information content (AvgIpc) is 2.37. The molecule has 2 N–H and O–H groups in total. The maximum Gasteiger partial charge on any atom is 0.240 e. The summed E-state index contributed by atoms with van der Waals surface area (Å²) in [7, 11) is -3.59. The van der Waals surface area contributed by atoms with Crippen LogP contribution < -0.4 is 4.72 Å². The molecule has 0 amide bonds. The van der Waals surface area contributed by atoms with E-state index in [1.54, 1.807) is 6.92 Å². The maximum atomic E-state index is 12.0. The standard InChI is InChI=1S/C13H18N2O3S/c1-3-12(16)6-7-15-19(17,18)13-5-4-11(9-14)8-10(13)2/h4-5,8,12,15-16H,3,6-7H2,1-2H3. The van der Waals surface area contributed by atoms with Crippen LogP contribution in [0.3, 0.4) is 0 Å². The van der Waals surface area contributed by atoms with Gasteiger partial charge in [0.05, 0.1) is 22.6 Å². The fourth-order valence-electron chi connectivity index (χ4n) is 1.66. The number of sulfonamides is 1. The third-order valence-corrected chi connectivity index (χ3v) is 4.46.